The van der Waals surface area contributed by atoms with Crippen molar-refractivity contribution < 1.29 is 4.39 Å². The maximum absolute atomic E-state index is 13.0. The molecule has 124 valence electrons. The Bertz CT molecular complexity index is 836. The molecule has 0 aliphatic carbocycles. The fraction of sp³-hybridized carbons (Fsp3) is 0.353. The second-order valence-electron chi connectivity index (χ2n) is 6.12. The van der Waals surface area contributed by atoms with Gasteiger partial charge in [0.05, 0.1) is 11.6 Å². The van der Waals surface area contributed by atoms with Gasteiger partial charge in [0, 0.05) is 31.9 Å². The third-order valence-electron chi connectivity index (χ3n) is 4.52. The quantitative estimate of drug-likeness (QED) is 0.802. The Hall–Kier alpha value is -2.70. The highest BCUT2D eigenvalue weighted by Crippen LogP contribution is 2.26. The second kappa shape index (κ2) is 6.07. The molecule has 0 saturated carbocycles. The van der Waals surface area contributed by atoms with Crippen LogP contribution in [0, 0.1) is 5.82 Å². The summed E-state index contributed by atoms with van der Waals surface area (Å²) in [6.07, 6.45) is 5.43. The molecular weight excluding hydrogens is 307 g/mol. The van der Waals surface area contributed by atoms with Gasteiger partial charge in [0.2, 0.25) is 0 Å². The predicted octanol–water partition coefficient (Wildman–Crippen LogP) is 2.58. The van der Waals surface area contributed by atoms with Crippen LogP contribution in [0.3, 0.4) is 0 Å². The number of aryl methyl sites for hydroxylation is 1. The molecule has 0 atom stereocenters. The van der Waals surface area contributed by atoms with E-state index >= 15 is 0 Å². The first kappa shape index (κ1) is 14.9. The Morgan fingerprint density at radius 2 is 1.88 bits per heavy atom. The number of benzene rings is 1. The van der Waals surface area contributed by atoms with Crippen molar-refractivity contribution in [2.24, 2.45) is 7.05 Å². The number of piperidine rings is 1. The molecule has 0 spiro atoms. The highest BCUT2D eigenvalue weighted by atomic mass is 19.1. The zero-order valence-corrected chi connectivity index (χ0v) is 13.5. The van der Waals surface area contributed by atoms with E-state index in [0.29, 0.717) is 6.04 Å². The van der Waals surface area contributed by atoms with Gasteiger partial charge >= 0.3 is 0 Å². The Morgan fingerprint density at radius 1 is 1.12 bits per heavy atom. The van der Waals surface area contributed by atoms with Gasteiger partial charge in [-0.25, -0.2) is 14.4 Å². The zero-order chi connectivity index (χ0) is 16.5. The standard InChI is InChI=1S/C17H19FN6/c1-23-16-15(10-21-23)17(20-11-19-16)24-8-6-14(7-9-24)22-13-4-2-12(18)3-5-13/h2-5,10-11,14,22H,6-9H2,1H3. The number of nitrogens with zero attached hydrogens (tertiary/aromatic N) is 5. The van der Waals surface area contributed by atoms with Gasteiger partial charge in [-0.2, -0.15) is 5.10 Å². The topological polar surface area (TPSA) is 58.9 Å². The van der Waals surface area contributed by atoms with E-state index < -0.39 is 0 Å². The lowest BCUT2D eigenvalue weighted by Crippen LogP contribution is -2.39. The number of hydrogen-bond donors (Lipinski definition) is 1. The number of halogens is 1. The Morgan fingerprint density at radius 3 is 2.62 bits per heavy atom. The summed E-state index contributed by atoms with van der Waals surface area (Å²) < 4.78 is 14.7. The SMILES string of the molecule is Cn1ncc2c(N3CCC(Nc4ccc(F)cc4)CC3)ncnc21. The minimum Gasteiger partial charge on any atom is -0.382 e. The molecule has 4 rings (SSSR count). The molecule has 1 aromatic carbocycles. The van der Waals surface area contributed by atoms with Gasteiger partial charge < -0.3 is 10.2 Å². The summed E-state index contributed by atoms with van der Waals surface area (Å²) in [6, 6.07) is 6.92. The number of nitrogens with one attached hydrogen (secondary N) is 1. The van der Waals surface area contributed by atoms with Crippen molar-refractivity contribution in [2.45, 2.75) is 18.9 Å². The molecule has 3 heterocycles. The monoisotopic (exact) mass is 326 g/mol. The summed E-state index contributed by atoms with van der Waals surface area (Å²) >= 11 is 0. The molecule has 1 N–H and O–H groups in total. The summed E-state index contributed by atoms with van der Waals surface area (Å²) in [5.41, 5.74) is 1.82. The van der Waals surface area contributed by atoms with Crippen LogP contribution >= 0.6 is 0 Å². The lowest BCUT2D eigenvalue weighted by atomic mass is 10.0. The highest BCUT2D eigenvalue weighted by molar-refractivity contribution is 5.86. The second-order valence-corrected chi connectivity index (χ2v) is 6.12. The maximum Gasteiger partial charge on any atom is 0.163 e. The fourth-order valence-corrected chi connectivity index (χ4v) is 3.22. The number of anilines is 2. The number of aromatic nitrogens is 4. The lowest BCUT2D eigenvalue weighted by molar-refractivity contribution is 0.524. The van der Waals surface area contributed by atoms with Crippen LogP contribution in [0.15, 0.2) is 36.8 Å². The van der Waals surface area contributed by atoms with Crippen LogP contribution in [-0.2, 0) is 7.05 Å². The molecule has 0 radical (unpaired) electrons. The lowest BCUT2D eigenvalue weighted by Gasteiger charge is -2.33. The highest BCUT2D eigenvalue weighted by Gasteiger charge is 2.22. The van der Waals surface area contributed by atoms with Crippen LogP contribution in [0.25, 0.3) is 11.0 Å². The third-order valence-corrected chi connectivity index (χ3v) is 4.52. The van der Waals surface area contributed by atoms with Crippen molar-refractivity contribution in [3.8, 4) is 0 Å². The van der Waals surface area contributed by atoms with Gasteiger partial charge in [-0.05, 0) is 37.1 Å². The molecule has 2 aromatic heterocycles. The molecule has 1 saturated heterocycles. The zero-order valence-electron chi connectivity index (χ0n) is 13.5. The number of hydrogen-bond acceptors (Lipinski definition) is 5. The summed E-state index contributed by atoms with van der Waals surface area (Å²) in [5.74, 6) is 0.743. The van der Waals surface area contributed by atoms with Crippen LogP contribution in [0.4, 0.5) is 15.9 Å². The van der Waals surface area contributed by atoms with E-state index in [2.05, 4.69) is 25.3 Å². The van der Waals surface area contributed by atoms with E-state index in [1.807, 2.05) is 13.2 Å². The predicted molar refractivity (Wildman–Crippen MR) is 91.6 cm³/mol. The molecule has 0 bridgehead atoms. The molecule has 1 aliphatic rings. The Labute approximate surface area is 139 Å². The fourth-order valence-electron chi connectivity index (χ4n) is 3.22. The molecule has 3 aromatic rings. The molecule has 7 heteroatoms. The van der Waals surface area contributed by atoms with E-state index in [-0.39, 0.29) is 5.82 Å². The first-order valence-corrected chi connectivity index (χ1v) is 8.10. The van der Waals surface area contributed by atoms with Crippen LogP contribution in [0.1, 0.15) is 12.8 Å². The average Bonchev–Trinajstić information content (AvgIpc) is 2.99. The molecule has 24 heavy (non-hydrogen) atoms. The average molecular weight is 326 g/mol. The van der Waals surface area contributed by atoms with E-state index in [4.69, 9.17) is 0 Å². The molecule has 0 amide bonds. The van der Waals surface area contributed by atoms with Gasteiger partial charge in [-0.1, -0.05) is 0 Å². The number of fused-ring (bicyclic) bond motifs is 1. The first-order valence-electron chi connectivity index (χ1n) is 8.10. The maximum atomic E-state index is 13.0. The number of rotatable bonds is 3. The molecule has 1 fully saturated rings. The third kappa shape index (κ3) is 2.77. The minimum atomic E-state index is -0.209. The van der Waals surface area contributed by atoms with Gasteiger partial charge in [-0.3, -0.25) is 4.68 Å². The normalized spacial score (nSPS) is 15.8. The largest absolute Gasteiger partial charge is 0.382 e. The molecular formula is C17H19FN6. The van der Waals surface area contributed by atoms with Crippen molar-refractivity contribution in [2.75, 3.05) is 23.3 Å². The summed E-state index contributed by atoms with van der Waals surface area (Å²) in [6.45, 7) is 1.83. The van der Waals surface area contributed by atoms with Gasteiger partial charge in [0.15, 0.2) is 5.65 Å². The van der Waals surface area contributed by atoms with Crippen LogP contribution < -0.4 is 10.2 Å². The summed E-state index contributed by atoms with van der Waals surface area (Å²) in [7, 11) is 1.89. The van der Waals surface area contributed by atoms with Crippen molar-refractivity contribution in [1.82, 2.24) is 19.7 Å². The smallest absolute Gasteiger partial charge is 0.163 e. The van der Waals surface area contributed by atoms with Crippen LogP contribution in [-0.4, -0.2) is 38.9 Å². The van der Waals surface area contributed by atoms with Crippen LogP contribution in [0.2, 0.25) is 0 Å². The summed E-state index contributed by atoms with van der Waals surface area (Å²) in [4.78, 5) is 11.0. The summed E-state index contributed by atoms with van der Waals surface area (Å²) in [5, 5.41) is 8.74. The minimum absolute atomic E-state index is 0.209. The first-order chi connectivity index (χ1) is 11.7. The van der Waals surface area contributed by atoms with Gasteiger partial charge in [-0.15, -0.1) is 0 Å². The van der Waals surface area contributed by atoms with E-state index in [1.54, 1.807) is 23.1 Å². The van der Waals surface area contributed by atoms with E-state index in [9.17, 15) is 4.39 Å². The van der Waals surface area contributed by atoms with E-state index in [0.717, 1.165) is 48.5 Å². The van der Waals surface area contributed by atoms with Crippen molar-refractivity contribution in [3.63, 3.8) is 0 Å². The van der Waals surface area contributed by atoms with Crippen molar-refractivity contribution in [3.05, 3.63) is 42.6 Å². The van der Waals surface area contributed by atoms with Gasteiger partial charge in [0.25, 0.3) is 0 Å². The van der Waals surface area contributed by atoms with E-state index in [1.165, 1.54) is 12.1 Å². The molecule has 0 unspecified atom stereocenters. The van der Waals surface area contributed by atoms with Crippen molar-refractivity contribution in [1.29, 1.82) is 0 Å². The molecule has 1 aliphatic heterocycles. The van der Waals surface area contributed by atoms with Crippen LogP contribution in [0.5, 0.6) is 0 Å². The van der Waals surface area contributed by atoms with Crippen molar-refractivity contribution >= 4 is 22.5 Å². The Balaban J connectivity index is 1.44. The van der Waals surface area contributed by atoms with Gasteiger partial charge in [0.1, 0.15) is 18.0 Å². The Kier molecular flexibility index (Phi) is 3.76. The molecule has 6 nitrogen and oxygen atoms in total.